The lowest BCUT2D eigenvalue weighted by molar-refractivity contribution is -0.140. The molecule has 0 aromatic carbocycles. The molecule has 2 aliphatic rings. The Balaban J connectivity index is 1.95. The SMILES string of the molecule is O=C(O)CCC1CC(=O)N(C2CC2)C1=O. The highest BCUT2D eigenvalue weighted by molar-refractivity contribution is 6.04. The summed E-state index contributed by atoms with van der Waals surface area (Å²) in [5.74, 6) is -1.60. The molecule has 1 aliphatic carbocycles. The molecule has 2 amide bonds. The van der Waals surface area contributed by atoms with Crippen LogP contribution in [0.5, 0.6) is 0 Å². The van der Waals surface area contributed by atoms with Gasteiger partial charge in [-0.05, 0) is 19.3 Å². The molecule has 0 aromatic heterocycles. The van der Waals surface area contributed by atoms with E-state index in [9.17, 15) is 14.4 Å². The first-order chi connectivity index (χ1) is 7.09. The number of hydrogen-bond donors (Lipinski definition) is 1. The van der Waals surface area contributed by atoms with Crippen molar-refractivity contribution in [1.82, 2.24) is 4.90 Å². The van der Waals surface area contributed by atoms with Gasteiger partial charge in [-0.3, -0.25) is 19.3 Å². The maximum atomic E-state index is 11.7. The summed E-state index contributed by atoms with van der Waals surface area (Å²) in [6, 6.07) is 0.111. The smallest absolute Gasteiger partial charge is 0.303 e. The lowest BCUT2D eigenvalue weighted by Crippen LogP contribution is -2.32. The van der Waals surface area contributed by atoms with E-state index < -0.39 is 11.9 Å². The molecular formula is C10H13NO4. The summed E-state index contributed by atoms with van der Waals surface area (Å²) in [4.78, 5) is 34.9. The Morgan fingerprint density at radius 2 is 2.07 bits per heavy atom. The highest BCUT2D eigenvalue weighted by Gasteiger charge is 2.45. The number of nitrogens with zero attached hydrogens (tertiary/aromatic N) is 1. The number of hydrogen-bond acceptors (Lipinski definition) is 3. The number of carboxylic acids is 1. The summed E-state index contributed by atoms with van der Waals surface area (Å²) in [5.41, 5.74) is 0. The van der Waals surface area contributed by atoms with Gasteiger partial charge in [-0.25, -0.2) is 0 Å². The molecule has 1 unspecified atom stereocenters. The van der Waals surface area contributed by atoms with Crippen molar-refractivity contribution in [3.8, 4) is 0 Å². The molecule has 15 heavy (non-hydrogen) atoms. The molecule has 0 aromatic rings. The lowest BCUT2D eigenvalue weighted by Gasteiger charge is -2.12. The minimum atomic E-state index is -0.917. The lowest BCUT2D eigenvalue weighted by atomic mass is 10.0. The molecule has 82 valence electrons. The van der Waals surface area contributed by atoms with E-state index >= 15 is 0 Å². The molecule has 2 rings (SSSR count). The van der Waals surface area contributed by atoms with Crippen LogP contribution >= 0.6 is 0 Å². The van der Waals surface area contributed by atoms with E-state index in [1.807, 2.05) is 0 Å². The second-order valence-electron chi connectivity index (χ2n) is 4.17. The van der Waals surface area contributed by atoms with Gasteiger partial charge < -0.3 is 5.11 Å². The quantitative estimate of drug-likeness (QED) is 0.682. The molecule has 1 saturated carbocycles. The number of carboxylic acid groups (broad SMARTS) is 1. The minimum Gasteiger partial charge on any atom is -0.481 e. The Morgan fingerprint density at radius 1 is 1.40 bits per heavy atom. The molecule has 1 N–H and O–H groups in total. The van der Waals surface area contributed by atoms with Gasteiger partial charge in [0.2, 0.25) is 11.8 Å². The average molecular weight is 211 g/mol. The molecule has 5 nitrogen and oxygen atoms in total. The fraction of sp³-hybridized carbons (Fsp3) is 0.700. The normalized spacial score (nSPS) is 26.1. The zero-order chi connectivity index (χ0) is 11.0. The summed E-state index contributed by atoms with van der Waals surface area (Å²) in [5, 5.41) is 8.50. The van der Waals surface area contributed by atoms with Crippen LogP contribution in [0.1, 0.15) is 32.1 Å². The minimum absolute atomic E-state index is 0.0395. The Bertz CT molecular complexity index is 321. The first-order valence-electron chi connectivity index (χ1n) is 5.17. The second-order valence-corrected chi connectivity index (χ2v) is 4.17. The van der Waals surface area contributed by atoms with Crippen molar-refractivity contribution in [3.05, 3.63) is 0 Å². The highest BCUT2D eigenvalue weighted by atomic mass is 16.4. The van der Waals surface area contributed by atoms with Crippen molar-refractivity contribution in [2.24, 2.45) is 5.92 Å². The molecule has 0 bridgehead atoms. The van der Waals surface area contributed by atoms with E-state index in [2.05, 4.69) is 0 Å². The van der Waals surface area contributed by atoms with E-state index in [1.54, 1.807) is 0 Å². The van der Waals surface area contributed by atoms with Gasteiger partial charge in [-0.1, -0.05) is 0 Å². The van der Waals surface area contributed by atoms with Crippen molar-refractivity contribution in [2.45, 2.75) is 38.1 Å². The van der Waals surface area contributed by atoms with Gasteiger partial charge in [0.1, 0.15) is 0 Å². The summed E-state index contributed by atoms with van der Waals surface area (Å²) in [6.07, 6.45) is 2.25. The third-order valence-corrected chi connectivity index (χ3v) is 2.90. The van der Waals surface area contributed by atoms with Gasteiger partial charge in [0.15, 0.2) is 0 Å². The van der Waals surface area contributed by atoms with E-state index in [0.717, 1.165) is 12.8 Å². The summed E-state index contributed by atoms with van der Waals surface area (Å²) in [7, 11) is 0. The molecule has 1 atom stereocenters. The van der Waals surface area contributed by atoms with Gasteiger partial charge in [0.25, 0.3) is 0 Å². The number of amides is 2. The summed E-state index contributed by atoms with van der Waals surface area (Å²) < 4.78 is 0. The fourth-order valence-electron chi connectivity index (χ4n) is 1.96. The zero-order valence-electron chi connectivity index (χ0n) is 8.31. The van der Waals surface area contributed by atoms with Crippen LogP contribution in [0.4, 0.5) is 0 Å². The number of imide groups is 1. The number of likely N-dealkylation sites (tertiary alicyclic amines) is 1. The third-order valence-electron chi connectivity index (χ3n) is 2.90. The van der Waals surface area contributed by atoms with Crippen molar-refractivity contribution < 1.29 is 19.5 Å². The predicted molar refractivity (Wildman–Crippen MR) is 49.9 cm³/mol. The average Bonchev–Trinajstić information content (AvgIpc) is 2.92. The Hall–Kier alpha value is -1.39. The van der Waals surface area contributed by atoms with Crippen LogP contribution < -0.4 is 0 Å². The number of rotatable bonds is 4. The molecule has 1 saturated heterocycles. The van der Waals surface area contributed by atoms with Gasteiger partial charge in [0.05, 0.1) is 0 Å². The van der Waals surface area contributed by atoms with Crippen LogP contribution in [0.25, 0.3) is 0 Å². The predicted octanol–water partition coefficient (Wildman–Crippen LogP) is 0.389. The van der Waals surface area contributed by atoms with Crippen molar-refractivity contribution in [2.75, 3.05) is 0 Å². The summed E-state index contributed by atoms with van der Waals surface area (Å²) >= 11 is 0. The molecule has 5 heteroatoms. The van der Waals surface area contributed by atoms with Crippen LogP contribution in [-0.4, -0.2) is 33.8 Å². The van der Waals surface area contributed by atoms with Crippen LogP contribution in [0.15, 0.2) is 0 Å². The largest absolute Gasteiger partial charge is 0.481 e. The van der Waals surface area contributed by atoms with Gasteiger partial charge in [-0.2, -0.15) is 0 Å². The molecule has 0 radical (unpaired) electrons. The fourth-order valence-corrected chi connectivity index (χ4v) is 1.96. The van der Waals surface area contributed by atoms with Crippen molar-refractivity contribution in [1.29, 1.82) is 0 Å². The Kier molecular flexibility index (Phi) is 2.46. The molecule has 0 spiro atoms. The maximum Gasteiger partial charge on any atom is 0.303 e. The zero-order valence-corrected chi connectivity index (χ0v) is 8.31. The van der Waals surface area contributed by atoms with Gasteiger partial charge >= 0.3 is 5.97 Å². The first kappa shape index (κ1) is 10.1. The van der Waals surface area contributed by atoms with Crippen molar-refractivity contribution in [3.63, 3.8) is 0 Å². The van der Waals surface area contributed by atoms with Gasteiger partial charge in [0, 0.05) is 24.8 Å². The van der Waals surface area contributed by atoms with Crippen LogP contribution in [0.3, 0.4) is 0 Å². The van der Waals surface area contributed by atoms with E-state index in [4.69, 9.17) is 5.11 Å². The molecule has 1 aliphatic heterocycles. The molecule has 1 heterocycles. The first-order valence-corrected chi connectivity index (χ1v) is 5.17. The maximum absolute atomic E-state index is 11.7. The highest BCUT2D eigenvalue weighted by Crippen LogP contribution is 2.34. The number of carbonyl (C=O) groups is 3. The van der Waals surface area contributed by atoms with E-state index in [-0.39, 0.29) is 37.1 Å². The summed E-state index contributed by atoms with van der Waals surface area (Å²) in [6.45, 7) is 0. The van der Waals surface area contributed by atoms with Crippen molar-refractivity contribution >= 4 is 17.8 Å². The molecule has 2 fully saturated rings. The van der Waals surface area contributed by atoms with Crippen LogP contribution in [-0.2, 0) is 14.4 Å². The monoisotopic (exact) mass is 211 g/mol. The van der Waals surface area contributed by atoms with E-state index in [0.29, 0.717) is 0 Å². The standard InChI is InChI=1S/C10H13NO4/c12-8-5-6(1-4-9(13)14)10(15)11(8)7-2-3-7/h6-7H,1-5H2,(H,13,14). The second kappa shape index (κ2) is 3.64. The molecular weight excluding hydrogens is 198 g/mol. The van der Waals surface area contributed by atoms with E-state index in [1.165, 1.54) is 4.90 Å². The number of aliphatic carboxylic acids is 1. The Labute approximate surface area is 87.1 Å². The topological polar surface area (TPSA) is 74.7 Å². The van der Waals surface area contributed by atoms with Crippen LogP contribution in [0, 0.1) is 5.92 Å². The van der Waals surface area contributed by atoms with Crippen LogP contribution in [0.2, 0.25) is 0 Å². The Morgan fingerprint density at radius 3 is 2.60 bits per heavy atom. The number of carbonyl (C=O) groups excluding carboxylic acids is 2. The van der Waals surface area contributed by atoms with Gasteiger partial charge in [-0.15, -0.1) is 0 Å². The third kappa shape index (κ3) is 2.00.